The summed E-state index contributed by atoms with van der Waals surface area (Å²) in [5.41, 5.74) is 3.85. The lowest BCUT2D eigenvalue weighted by Gasteiger charge is -2.28. The highest BCUT2D eigenvalue weighted by Crippen LogP contribution is 2.37. The Morgan fingerprint density at radius 1 is 1.34 bits per heavy atom. The molecule has 0 bridgehead atoms. The Bertz CT molecular complexity index is 772. The Morgan fingerprint density at radius 3 is 2.66 bits per heavy atom. The highest BCUT2D eigenvalue weighted by molar-refractivity contribution is 5.99. The first-order chi connectivity index (χ1) is 13.7. The standard InChI is InChI=1S/C17H22F3N5O4/c1-2-22-16(28)24-13(8-21)15(27)23-12-4-3-10(7-11(12)17(18,19)20)25-5-6-29-9-14(25)26/h3-4,7,13H,2,5-6,8-9,21H2,1H3,(H,23,27)(H2,22,24,28)/t13-/m1/s1. The number of ether oxygens (including phenoxy) is 1. The van der Waals surface area contributed by atoms with Crippen LogP contribution in [0, 0.1) is 0 Å². The molecule has 1 aliphatic rings. The molecular formula is C17H22F3N5O4. The minimum Gasteiger partial charge on any atom is -0.370 e. The SMILES string of the molecule is CCNC(=O)N[C@H](CN)C(=O)Nc1ccc(N2CCOCC2=O)cc1C(F)(F)F. The van der Waals surface area contributed by atoms with E-state index in [-0.39, 0.29) is 32.0 Å². The van der Waals surface area contributed by atoms with Crippen molar-refractivity contribution in [3.8, 4) is 0 Å². The molecule has 12 heteroatoms. The highest BCUT2D eigenvalue weighted by Gasteiger charge is 2.36. The van der Waals surface area contributed by atoms with E-state index < -0.39 is 41.3 Å². The van der Waals surface area contributed by atoms with E-state index in [1.807, 2.05) is 0 Å². The molecule has 0 saturated carbocycles. The maximum Gasteiger partial charge on any atom is 0.418 e. The fourth-order valence-corrected chi connectivity index (χ4v) is 2.66. The minimum atomic E-state index is -4.79. The van der Waals surface area contributed by atoms with E-state index in [9.17, 15) is 27.6 Å². The highest BCUT2D eigenvalue weighted by atomic mass is 19.4. The summed E-state index contributed by atoms with van der Waals surface area (Å²) in [7, 11) is 0. The van der Waals surface area contributed by atoms with Gasteiger partial charge < -0.3 is 31.3 Å². The molecule has 1 heterocycles. The molecule has 0 aliphatic carbocycles. The number of carbonyl (C=O) groups is 3. The van der Waals surface area contributed by atoms with Crippen molar-refractivity contribution in [1.82, 2.24) is 10.6 Å². The monoisotopic (exact) mass is 417 g/mol. The van der Waals surface area contributed by atoms with Crippen LogP contribution in [0.15, 0.2) is 18.2 Å². The summed E-state index contributed by atoms with van der Waals surface area (Å²) < 4.78 is 45.6. The molecule has 4 amide bonds. The van der Waals surface area contributed by atoms with Crippen molar-refractivity contribution < 1.29 is 32.3 Å². The number of morpholine rings is 1. The van der Waals surface area contributed by atoms with Crippen LogP contribution in [0.2, 0.25) is 0 Å². The Morgan fingerprint density at radius 2 is 2.07 bits per heavy atom. The van der Waals surface area contributed by atoms with E-state index in [1.165, 1.54) is 11.0 Å². The van der Waals surface area contributed by atoms with Gasteiger partial charge in [0.1, 0.15) is 12.6 Å². The molecule has 0 unspecified atom stereocenters. The summed E-state index contributed by atoms with van der Waals surface area (Å²) in [5, 5.41) is 6.83. The predicted molar refractivity (Wildman–Crippen MR) is 98.3 cm³/mol. The Balaban J connectivity index is 2.26. The maximum absolute atomic E-state index is 13.6. The van der Waals surface area contributed by atoms with Crippen LogP contribution in [0.5, 0.6) is 0 Å². The van der Waals surface area contributed by atoms with Crippen molar-refractivity contribution >= 4 is 29.2 Å². The van der Waals surface area contributed by atoms with Crippen molar-refractivity contribution in [3.05, 3.63) is 23.8 Å². The van der Waals surface area contributed by atoms with Gasteiger partial charge >= 0.3 is 12.2 Å². The van der Waals surface area contributed by atoms with Gasteiger partial charge in [-0.3, -0.25) is 9.59 Å². The molecule has 160 valence electrons. The Hall–Kier alpha value is -2.86. The number of amides is 4. The number of alkyl halides is 3. The number of hydrogen-bond acceptors (Lipinski definition) is 5. The Labute approximate surface area is 164 Å². The summed E-state index contributed by atoms with van der Waals surface area (Å²) in [5.74, 6) is -1.37. The van der Waals surface area contributed by atoms with E-state index in [2.05, 4.69) is 16.0 Å². The van der Waals surface area contributed by atoms with E-state index in [0.717, 1.165) is 12.1 Å². The minimum absolute atomic E-state index is 0.0412. The van der Waals surface area contributed by atoms with E-state index >= 15 is 0 Å². The number of nitrogens with two attached hydrogens (primary N) is 1. The molecule has 0 spiro atoms. The second-order valence-corrected chi connectivity index (χ2v) is 6.11. The zero-order valence-corrected chi connectivity index (χ0v) is 15.6. The fourth-order valence-electron chi connectivity index (χ4n) is 2.66. The van der Waals surface area contributed by atoms with Crippen molar-refractivity contribution in [2.24, 2.45) is 5.73 Å². The maximum atomic E-state index is 13.6. The average molecular weight is 417 g/mol. The zero-order valence-electron chi connectivity index (χ0n) is 15.6. The number of benzene rings is 1. The molecule has 1 aromatic rings. The number of carbonyl (C=O) groups excluding carboxylic acids is 3. The molecule has 1 aromatic carbocycles. The molecule has 5 N–H and O–H groups in total. The fraction of sp³-hybridized carbons (Fsp3) is 0.471. The lowest BCUT2D eigenvalue weighted by atomic mass is 10.1. The first kappa shape index (κ1) is 22.4. The number of urea groups is 1. The largest absolute Gasteiger partial charge is 0.418 e. The van der Waals surface area contributed by atoms with Gasteiger partial charge in [0.25, 0.3) is 5.91 Å². The van der Waals surface area contributed by atoms with Gasteiger partial charge in [0.15, 0.2) is 0 Å². The molecule has 0 radical (unpaired) electrons. The quantitative estimate of drug-likeness (QED) is 0.541. The summed E-state index contributed by atoms with van der Waals surface area (Å²) in [6.45, 7) is 1.75. The van der Waals surface area contributed by atoms with Crippen LogP contribution in [0.25, 0.3) is 0 Å². The third kappa shape index (κ3) is 5.81. The second-order valence-electron chi connectivity index (χ2n) is 6.11. The van der Waals surface area contributed by atoms with Crippen LogP contribution in [-0.2, 0) is 20.5 Å². The summed E-state index contributed by atoms with van der Waals surface area (Å²) in [6, 6.07) is 1.23. The predicted octanol–water partition coefficient (Wildman–Crippen LogP) is 0.653. The van der Waals surface area contributed by atoms with Crippen LogP contribution in [0.3, 0.4) is 0 Å². The lowest BCUT2D eigenvalue weighted by molar-refractivity contribution is -0.137. The molecule has 29 heavy (non-hydrogen) atoms. The summed E-state index contributed by atoms with van der Waals surface area (Å²) in [4.78, 5) is 37.0. The van der Waals surface area contributed by atoms with Crippen LogP contribution in [0.1, 0.15) is 12.5 Å². The molecule has 9 nitrogen and oxygen atoms in total. The van der Waals surface area contributed by atoms with Crippen LogP contribution < -0.4 is 26.6 Å². The van der Waals surface area contributed by atoms with Gasteiger partial charge in [-0.1, -0.05) is 0 Å². The third-order valence-corrected chi connectivity index (χ3v) is 4.06. The van der Waals surface area contributed by atoms with Crippen LogP contribution in [0.4, 0.5) is 29.3 Å². The van der Waals surface area contributed by atoms with E-state index in [4.69, 9.17) is 10.5 Å². The number of anilines is 2. The summed E-state index contributed by atoms with van der Waals surface area (Å²) >= 11 is 0. The van der Waals surface area contributed by atoms with Gasteiger partial charge in [0.05, 0.1) is 17.9 Å². The average Bonchev–Trinajstić information content (AvgIpc) is 2.66. The Kier molecular flexibility index (Phi) is 7.40. The van der Waals surface area contributed by atoms with Gasteiger partial charge in [-0.15, -0.1) is 0 Å². The molecule has 1 fully saturated rings. The molecule has 1 aliphatic heterocycles. The zero-order chi connectivity index (χ0) is 21.6. The van der Waals surface area contributed by atoms with E-state index in [0.29, 0.717) is 6.54 Å². The van der Waals surface area contributed by atoms with Crippen molar-refractivity contribution in [2.75, 3.05) is 43.1 Å². The molecule has 0 aromatic heterocycles. The van der Waals surface area contributed by atoms with Crippen LogP contribution in [-0.4, -0.2) is 56.7 Å². The molecule has 2 rings (SSSR count). The second kappa shape index (κ2) is 9.56. The van der Waals surface area contributed by atoms with Crippen molar-refractivity contribution in [3.63, 3.8) is 0 Å². The number of rotatable bonds is 6. The smallest absolute Gasteiger partial charge is 0.370 e. The number of halogens is 3. The van der Waals surface area contributed by atoms with Gasteiger partial charge in [0.2, 0.25) is 5.91 Å². The summed E-state index contributed by atoms with van der Waals surface area (Å²) in [6.07, 6.45) is -4.79. The first-order valence-corrected chi connectivity index (χ1v) is 8.82. The number of hydrogen-bond donors (Lipinski definition) is 4. The number of nitrogens with zero attached hydrogens (tertiary/aromatic N) is 1. The van der Waals surface area contributed by atoms with Crippen molar-refractivity contribution in [1.29, 1.82) is 0 Å². The molecule has 1 atom stereocenters. The normalized spacial score (nSPS) is 15.6. The van der Waals surface area contributed by atoms with Gasteiger partial charge in [0, 0.05) is 25.3 Å². The number of nitrogens with one attached hydrogen (secondary N) is 3. The topological polar surface area (TPSA) is 126 Å². The van der Waals surface area contributed by atoms with Gasteiger partial charge in [-0.25, -0.2) is 4.79 Å². The van der Waals surface area contributed by atoms with Gasteiger partial charge in [-0.2, -0.15) is 13.2 Å². The first-order valence-electron chi connectivity index (χ1n) is 8.82. The lowest BCUT2D eigenvalue weighted by Crippen LogP contribution is -2.51. The molecule has 1 saturated heterocycles. The van der Waals surface area contributed by atoms with Crippen LogP contribution >= 0.6 is 0 Å². The van der Waals surface area contributed by atoms with E-state index in [1.54, 1.807) is 6.92 Å². The third-order valence-electron chi connectivity index (χ3n) is 4.06. The molecular weight excluding hydrogens is 395 g/mol. The van der Waals surface area contributed by atoms with Crippen molar-refractivity contribution in [2.45, 2.75) is 19.1 Å². The van der Waals surface area contributed by atoms with Gasteiger partial charge in [-0.05, 0) is 25.1 Å².